The number of hydrogen-bond acceptors (Lipinski definition) is 5. The molecule has 0 bridgehead atoms. The van der Waals surface area contributed by atoms with Crippen LogP contribution in [0.5, 0.6) is 5.75 Å². The summed E-state index contributed by atoms with van der Waals surface area (Å²) in [7, 11) is 1.57. The summed E-state index contributed by atoms with van der Waals surface area (Å²) in [5, 5.41) is 6.14. The quantitative estimate of drug-likeness (QED) is 0.635. The fourth-order valence-corrected chi connectivity index (χ4v) is 2.47. The average Bonchev–Trinajstić information content (AvgIpc) is 2.61. The molecule has 8 heteroatoms. The monoisotopic (exact) mass is 374 g/mol. The minimum absolute atomic E-state index is 0.458. The number of halogens is 3. The van der Waals surface area contributed by atoms with Gasteiger partial charge in [-0.25, -0.2) is 9.97 Å². The molecule has 0 atom stereocenters. The van der Waals surface area contributed by atoms with Crippen molar-refractivity contribution in [3.63, 3.8) is 0 Å². The van der Waals surface area contributed by atoms with Crippen molar-refractivity contribution in [3.8, 4) is 5.75 Å². The van der Waals surface area contributed by atoms with Crippen molar-refractivity contribution in [1.82, 2.24) is 9.97 Å². The van der Waals surface area contributed by atoms with E-state index in [1.807, 2.05) is 24.3 Å². The number of benzene rings is 2. The van der Waals surface area contributed by atoms with Gasteiger partial charge in [-0.1, -0.05) is 12.1 Å². The van der Waals surface area contributed by atoms with Crippen LogP contribution in [-0.4, -0.2) is 17.1 Å². The molecule has 5 nitrogen and oxygen atoms in total. The van der Waals surface area contributed by atoms with Crippen LogP contribution in [0.15, 0.2) is 54.6 Å². The molecule has 0 saturated heterocycles. The van der Waals surface area contributed by atoms with Gasteiger partial charge in [-0.2, -0.15) is 13.2 Å². The Kier molecular flexibility index (Phi) is 5.16. The zero-order chi connectivity index (χ0) is 19.4. The summed E-state index contributed by atoms with van der Waals surface area (Å²) >= 11 is 0. The largest absolute Gasteiger partial charge is 0.495 e. The SMILES string of the molecule is COc1ccccc1Nc1cc(Nc2ccc(C(F)(F)F)cc2)nc(C)n1. The predicted octanol–water partition coefficient (Wildman–Crippen LogP) is 5.30. The highest BCUT2D eigenvalue weighted by atomic mass is 19.4. The van der Waals surface area contributed by atoms with Crippen LogP contribution in [-0.2, 0) is 6.18 Å². The summed E-state index contributed by atoms with van der Waals surface area (Å²) in [5.41, 5.74) is 0.522. The van der Waals surface area contributed by atoms with Gasteiger partial charge >= 0.3 is 6.18 Å². The number of nitrogens with one attached hydrogen (secondary N) is 2. The van der Waals surface area contributed by atoms with Crippen molar-refractivity contribution >= 4 is 23.0 Å². The second-order valence-corrected chi connectivity index (χ2v) is 5.71. The summed E-state index contributed by atoms with van der Waals surface area (Å²) in [6, 6.07) is 13.8. The lowest BCUT2D eigenvalue weighted by atomic mass is 10.2. The standard InChI is InChI=1S/C19H17F3N4O/c1-12-23-17(25-14-9-7-13(8-10-14)19(20,21)22)11-18(24-12)26-15-5-3-4-6-16(15)27-2/h3-11H,1-2H3,(H2,23,24,25,26). The molecule has 0 aliphatic rings. The van der Waals surface area contributed by atoms with Gasteiger partial charge in [0.25, 0.3) is 0 Å². The van der Waals surface area contributed by atoms with Crippen LogP contribution in [0.1, 0.15) is 11.4 Å². The first-order valence-electron chi connectivity index (χ1n) is 8.05. The van der Waals surface area contributed by atoms with E-state index in [1.54, 1.807) is 20.1 Å². The number of ether oxygens (including phenoxy) is 1. The van der Waals surface area contributed by atoms with Crippen molar-refractivity contribution in [1.29, 1.82) is 0 Å². The summed E-state index contributed by atoms with van der Waals surface area (Å²) < 4.78 is 43.3. The molecule has 0 aliphatic carbocycles. The molecule has 3 aromatic rings. The number of aromatic nitrogens is 2. The van der Waals surface area contributed by atoms with Gasteiger partial charge in [0.2, 0.25) is 0 Å². The number of methoxy groups -OCH3 is 1. The molecule has 1 aromatic heterocycles. The summed E-state index contributed by atoms with van der Waals surface area (Å²) in [5.74, 6) is 2.15. The van der Waals surface area contributed by atoms with Crippen molar-refractivity contribution in [2.24, 2.45) is 0 Å². The molecule has 27 heavy (non-hydrogen) atoms. The third-order valence-corrected chi connectivity index (χ3v) is 3.69. The van der Waals surface area contributed by atoms with Gasteiger partial charge in [-0.3, -0.25) is 0 Å². The number of para-hydroxylation sites is 2. The Morgan fingerprint density at radius 2 is 1.52 bits per heavy atom. The van der Waals surface area contributed by atoms with E-state index in [4.69, 9.17) is 4.74 Å². The fraction of sp³-hybridized carbons (Fsp3) is 0.158. The lowest BCUT2D eigenvalue weighted by molar-refractivity contribution is -0.137. The van der Waals surface area contributed by atoms with Crippen LogP contribution in [0, 0.1) is 6.92 Å². The number of rotatable bonds is 5. The Bertz CT molecular complexity index is 927. The number of aryl methyl sites for hydroxylation is 1. The van der Waals surface area contributed by atoms with Crippen LogP contribution in [0.25, 0.3) is 0 Å². The molecule has 0 radical (unpaired) electrons. The minimum Gasteiger partial charge on any atom is -0.495 e. The number of nitrogens with zero attached hydrogens (tertiary/aromatic N) is 2. The highest BCUT2D eigenvalue weighted by Gasteiger charge is 2.29. The van der Waals surface area contributed by atoms with Crippen molar-refractivity contribution in [2.45, 2.75) is 13.1 Å². The smallest absolute Gasteiger partial charge is 0.416 e. The molecule has 3 rings (SSSR count). The third kappa shape index (κ3) is 4.66. The Hall–Kier alpha value is -3.29. The van der Waals surface area contributed by atoms with E-state index < -0.39 is 11.7 Å². The highest BCUT2D eigenvalue weighted by Crippen LogP contribution is 2.31. The van der Waals surface area contributed by atoms with Crippen molar-refractivity contribution in [3.05, 3.63) is 66.0 Å². The Morgan fingerprint density at radius 3 is 2.15 bits per heavy atom. The van der Waals surface area contributed by atoms with Crippen molar-refractivity contribution < 1.29 is 17.9 Å². The van der Waals surface area contributed by atoms with Gasteiger partial charge in [0.15, 0.2) is 0 Å². The molecule has 2 aromatic carbocycles. The molecule has 2 N–H and O–H groups in total. The van der Waals surface area contributed by atoms with Gasteiger partial charge in [0, 0.05) is 11.8 Å². The summed E-state index contributed by atoms with van der Waals surface area (Å²) in [4.78, 5) is 8.59. The first-order chi connectivity index (χ1) is 12.8. The Morgan fingerprint density at radius 1 is 0.889 bits per heavy atom. The summed E-state index contributed by atoms with van der Waals surface area (Å²) in [6.07, 6.45) is -4.37. The van der Waals surface area contributed by atoms with E-state index in [0.29, 0.717) is 28.9 Å². The van der Waals surface area contributed by atoms with Crippen molar-refractivity contribution in [2.75, 3.05) is 17.7 Å². The second kappa shape index (κ2) is 7.53. The van der Waals surface area contributed by atoms with E-state index in [-0.39, 0.29) is 0 Å². The normalized spacial score (nSPS) is 11.1. The van der Waals surface area contributed by atoms with Gasteiger partial charge < -0.3 is 15.4 Å². The second-order valence-electron chi connectivity index (χ2n) is 5.71. The average molecular weight is 374 g/mol. The number of alkyl halides is 3. The zero-order valence-corrected chi connectivity index (χ0v) is 14.6. The third-order valence-electron chi connectivity index (χ3n) is 3.69. The predicted molar refractivity (Wildman–Crippen MR) is 97.8 cm³/mol. The molecule has 0 spiro atoms. The van der Waals surface area contributed by atoms with Gasteiger partial charge in [0.05, 0.1) is 18.4 Å². The first-order valence-corrected chi connectivity index (χ1v) is 8.05. The maximum absolute atomic E-state index is 12.7. The molecule has 0 fully saturated rings. The molecule has 140 valence electrons. The first kappa shape index (κ1) is 18.5. The molecule has 0 aliphatic heterocycles. The number of anilines is 4. The van der Waals surface area contributed by atoms with Crippen LogP contribution in [0.3, 0.4) is 0 Å². The van der Waals surface area contributed by atoms with Gasteiger partial charge in [0.1, 0.15) is 23.2 Å². The molecular formula is C19H17F3N4O. The zero-order valence-electron chi connectivity index (χ0n) is 14.6. The van der Waals surface area contributed by atoms with Gasteiger partial charge in [-0.15, -0.1) is 0 Å². The van der Waals surface area contributed by atoms with E-state index >= 15 is 0 Å². The van der Waals surface area contributed by atoms with Crippen LogP contribution < -0.4 is 15.4 Å². The highest BCUT2D eigenvalue weighted by molar-refractivity contribution is 5.67. The molecule has 0 amide bonds. The molecular weight excluding hydrogens is 357 g/mol. The van der Waals surface area contributed by atoms with E-state index in [1.165, 1.54) is 12.1 Å². The van der Waals surface area contributed by atoms with E-state index in [9.17, 15) is 13.2 Å². The van der Waals surface area contributed by atoms with Gasteiger partial charge in [-0.05, 0) is 43.3 Å². The lowest BCUT2D eigenvalue weighted by Crippen LogP contribution is -2.05. The Labute approximate surface area is 154 Å². The van der Waals surface area contributed by atoms with E-state index in [2.05, 4.69) is 20.6 Å². The maximum Gasteiger partial charge on any atom is 0.416 e. The minimum atomic E-state index is -4.37. The molecule has 1 heterocycles. The maximum atomic E-state index is 12.7. The van der Waals surface area contributed by atoms with Crippen LogP contribution in [0.4, 0.5) is 36.2 Å². The number of hydrogen-bond donors (Lipinski definition) is 2. The van der Waals surface area contributed by atoms with Crippen LogP contribution in [0.2, 0.25) is 0 Å². The van der Waals surface area contributed by atoms with E-state index in [0.717, 1.165) is 17.8 Å². The lowest BCUT2D eigenvalue weighted by Gasteiger charge is -2.13. The summed E-state index contributed by atoms with van der Waals surface area (Å²) in [6.45, 7) is 1.73. The van der Waals surface area contributed by atoms with Crippen LogP contribution >= 0.6 is 0 Å². The molecule has 0 saturated carbocycles. The molecule has 0 unspecified atom stereocenters. The Balaban J connectivity index is 1.81. The fourth-order valence-electron chi connectivity index (χ4n) is 2.47. The topological polar surface area (TPSA) is 59.1 Å².